The van der Waals surface area contributed by atoms with Crippen molar-refractivity contribution in [2.75, 3.05) is 11.9 Å². The molecule has 0 saturated carbocycles. The van der Waals surface area contributed by atoms with Gasteiger partial charge in [-0.15, -0.1) is 0 Å². The summed E-state index contributed by atoms with van der Waals surface area (Å²) in [5, 5.41) is 5.78. The molecule has 128 valence electrons. The molecule has 0 aliphatic heterocycles. The van der Waals surface area contributed by atoms with Gasteiger partial charge in [0.1, 0.15) is 0 Å². The molecule has 0 aromatic heterocycles. The molecule has 2 aromatic carbocycles. The van der Waals surface area contributed by atoms with Gasteiger partial charge in [0, 0.05) is 11.1 Å². The maximum Gasteiger partial charge on any atom is 0.418 e. The van der Waals surface area contributed by atoms with Gasteiger partial charge < -0.3 is 10.6 Å². The van der Waals surface area contributed by atoms with Crippen molar-refractivity contribution >= 4 is 23.2 Å². The number of carbonyl (C=O) groups excluding carboxylic acids is 1. The van der Waals surface area contributed by atoms with Gasteiger partial charge >= 0.3 is 6.18 Å². The molecule has 0 aliphatic rings. The smallest absolute Gasteiger partial charge is 0.324 e. The third-order valence-corrected chi connectivity index (χ3v) is 3.79. The Morgan fingerprint density at radius 2 is 1.75 bits per heavy atom. The van der Waals surface area contributed by atoms with E-state index in [0.717, 1.165) is 11.6 Å². The fraction of sp³-hybridized carbons (Fsp3) is 0.235. The van der Waals surface area contributed by atoms with Gasteiger partial charge in [-0.2, -0.15) is 13.2 Å². The summed E-state index contributed by atoms with van der Waals surface area (Å²) in [5.74, 6) is -0.564. The average molecular weight is 357 g/mol. The number of rotatable bonds is 5. The second kappa shape index (κ2) is 7.68. The molecular formula is C17H16ClF3N2O. The Bertz CT molecular complexity index is 719. The summed E-state index contributed by atoms with van der Waals surface area (Å²) < 4.78 is 38.7. The van der Waals surface area contributed by atoms with Crippen molar-refractivity contribution in [3.05, 3.63) is 64.7 Å². The molecular weight excluding hydrogens is 341 g/mol. The van der Waals surface area contributed by atoms with Crippen LogP contribution < -0.4 is 10.6 Å². The molecule has 2 aromatic rings. The second-order valence-electron chi connectivity index (χ2n) is 5.22. The number of nitrogens with one attached hydrogen (secondary N) is 2. The van der Waals surface area contributed by atoms with Crippen LogP contribution in [0, 0.1) is 0 Å². The largest absolute Gasteiger partial charge is 0.418 e. The van der Waals surface area contributed by atoms with Crippen molar-refractivity contribution in [3.8, 4) is 0 Å². The van der Waals surface area contributed by atoms with Crippen LogP contribution in [0.4, 0.5) is 18.9 Å². The molecule has 0 aliphatic carbocycles. The Morgan fingerprint density at radius 1 is 1.12 bits per heavy atom. The van der Waals surface area contributed by atoms with Crippen molar-refractivity contribution in [3.63, 3.8) is 0 Å². The zero-order valence-corrected chi connectivity index (χ0v) is 13.6. The molecule has 3 nitrogen and oxygen atoms in total. The Balaban J connectivity index is 1.99. The lowest BCUT2D eigenvalue weighted by Crippen LogP contribution is -2.30. The molecule has 0 bridgehead atoms. The Hall–Kier alpha value is -2.05. The molecule has 2 rings (SSSR count). The standard InChI is InChI=1S/C17H16ClF3N2O/c1-11(12-6-2-4-8-14(12)18)22-10-16(24)23-15-9-5-3-7-13(15)17(19,20)21/h2-9,11,22H,10H2,1H3,(H,23,24)/t11-/m1/s1. The van der Waals surface area contributed by atoms with Crippen LogP contribution in [0.2, 0.25) is 5.02 Å². The number of alkyl halides is 3. The maximum atomic E-state index is 12.9. The second-order valence-corrected chi connectivity index (χ2v) is 5.62. The lowest BCUT2D eigenvalue weighted by Gasteiger charge is -2.17. The van der Waals surface area contributed by atoms with E-state index >= 15 is 0 Å². The first-order valence-electron chi connectivity index (χ1n) is 7.23. The van der Waals surface area contributed by atoms with Gasteiger partial charge in [-0.25, -0.2) is 0 Å². The summed E-state index contributed by atoms with van der Waals surface area (Å²) in [7, 11) is 0. The van der Waals surface area contributed by atoms with Crippen LogP contribution in [0.15, 0.2) is 48.5 Å². The van der Waals surface area contributed by atoms with Gasteiger partial charge in [-0.05, 0) is 30.7 Å². The zero-order chi connectivity index (χ0) is 17.7. The minimum atomic E-state index is -4.53. The first-order chi connectivity index (χ1) is 11.3. The van der Waals surface area contributed by atoms with E-state index in [1.165, 1.54) is 18.2 Å². The molecule has 0 heterocycles. The lowest BCUT2D eigenvalue weighted by atomic mass is 10.1. The van der Waals surface area contributed by atoms with Crippen molar-refractivity contribution in [1.82, 2.24) is 5.32 Å². The minimum absolute atomic E-state index is 0.140. The summed E-state index contributed by atoms with van der Waals surface area (Å²) in [6.45, 7) is 1.68. The molecule has 0 radical (unpaired) electrons. The molecule has 24 heavy (non-hydrogen) atoms. The molecule has 1 amide bonds. The first-order valence-corrected chi connectivity index (χ1v) is 7.60. The molecule has 0 fully saturated rings. The van der Waals surface area contributed by atoms with Crippen molar-refractivity contribution in [2.24, 2.45) is 0 Å². The fourth-order valence-electron chi connectivity index (χ4n) is 2.22. The summed E-state index contributed by atoms with van der Waals surface area (Å²) >= 11 is 6.07. The third-order valence-electron chi connectivity index (χ3n) is 3.45. The molecule has 0 saturated heterocycles. The molecule has 0 unspecified atom stereocenters. The van der Waals surface area contributed by atoms with Crippen LogP contribution >= 0.6 is 11.6 Å². The summed E-state index contributed by atoms with van der Waals surface area (Å²) in [6, 6.07) is 11.8. The van der Waals surface area contributed by atoms with E-state index in [1.807, 2.05) is 19.1 Å². The van der Waals surface area contributed by atoms with E-state index in [0.29, 0.717) is 5.02 Å². The van der Waals surface area contributed by atoms with Crippen molar-refractivity contribution in [1.29, 1.82) is 0 Å². The van der Waals surface area contributed by atoms with Crippen LogP contribution in [0.1, 0.15) is 24.1 Å². The van der Waals surface area contributed by atoms with E-state index in [-0.39, 0.29) is 18.3 Å². The lowest BCUT2D eigenvalue weighted by molar-refractivity contribution is -0.137. The topological polar surface area (TPSA) is 41.1 Å². The van der Waals surface area contributed by atoms with Gasteiger partial charge in [0.15, 0.2) is 0 Å². The third kappa shape index (κ3) is 4.72. The van der Waals surface area contributed by atoms with E-state index in [1.54, 1.807) is 12.1 Å². The Morgan fingerprint density at radius 3 is 2.42 bits per heavy atom. The summed E-state index contributed by atoms with van der Waals surface area (Å²) in [6.07, 6.45) is -4.53. The van der Waals surface area contributed by atoms with Crippen LogP contribution in [-0.4, -0.2) is 12.5 Å². The van der Waals surface area contributed by atoms with E-state index < -0.39 is 17.6 Å². The van der Waals surface area contributed by atoms with Crippen LogP contribution in [-0.2, 0) is 11.0 Å². The molecule has 2 N–H and O–H groups in total. The van der Waals surface area contributed by atoms with Gasteiger partial charge in [0.25, 0.3) is 0 Å². The Labute approximate surface area is 142 Å². The zero-order valence-electron chi connectivity index (χ0n) is 12.8. The first kappa shape index (κ1) is 18.3. The van der Waals surface area contributed by atoms with Crippen molar-refractivity contribution in [2.45, 2.75) is 19.1 Å². The van der Waals surface area contributed by atoms with Crippen LogP contribution in [0.3, 0.4) is 0 Å². The number of hydrogen-bond acceptors (Lipinski definition) is 2. The van der Waals surface area contributed by atoms with Gasteiger partial charge in [-0.1, -0.05) is 41.9 Å². The highest BCUT2D eigenvalue weighted by Crippen LogP contribution is 2.34. The minimum Gasteiger partial charge on any atom is -0.324 e. The molecule has 7 heteroatoms. The Kier molecular flexibility index (Phi) is 5.85. The number of para-hydroxylation sites is 1. The highest BCUT2D eigenvalue weighted by atomic mass is 35.5. The number of halogens is 4. The monoisotopic (exact) mass is 356 g/mol. The van der Waals surface area contributed by atoms with Gasteiger partial charge in [0.05, 0.1) is 17.8 Å². The van der Waals surface area contributed by atoms with Crippen LogP contribution in [0.25, 0.3) is 0 Å². The van der Waals surface area contributed by atoms with Crippen molar-refractivity contribution < 1.29 is 18.0 Å². The van der Waals surface area contributed by atoms with Gasteiger partial charge in [0.2, 0.25) is 5.91 Å². The average Bonchev–Trinajstić information content (AvgIpc) is 2.52. The number of benzene rings is 2. The number of amides is 1. The summed E-state index contributed by atoms with van der Waals surface area (Å²) in [4.78, 5) is 11.9. The molecule has 1 atom stereocenters. The fourth-order valence-corrected chi connectivity index (χ4v) is 2.52. The van der Waals surface area contributed by atoms with Gasteiger partial charge in [-0.3, -0.25) is 4.79 Å². The molecule has 0 spiro atoms. The highest BCUT2D eigenvalue weighted by molar-refractivity contribution is 6.31. The predicted molar refractivity (Wildman–Crippen MR) is 87.9 cm³/mol. The highest BCUT2D eigenvalue weighted by Gasteiger charge is 2.33. The van der Waals surface area contributed by atoms with E-state index in [9.17, 15) is 18.0 Å². The van der Waals surface area contributed by atoms with E-state index in [2.05, 4.69) is 10.6 Å². The quantitative estimate of drug-likeness (QED) is 0.818. The van der Waals surface area contributed by atoms with E-state index in [4.69, 9.17) is 11.6 Å². The SMILES string of the molecule is C[C@@H](NCC(=O)Nc1ccccc1C(F)(F)F)c1ccccc1Cl. The normalized spacial score (nSPS) is 12.7. The van der Waals surface area contributed by atoms with Crippen LogP contribution in [0.5, 0.6) is 0 Å². The number of carbonyl (C=O) groups is 1. The summed E-state index contributed by atoms with van der Waals surface area (Å²) in [5.41, 5.74) is -0.331. The predicted octanol–water partition coefficient (Wildman–Crippen LogP) is 4.65. The maximum absolute atomic E-state index is 12.9. The number of anilines is 1. The number of hydrogen-bond donors (Lipinski definition) is 2.